The molecule has 124 valence electrons. The van der Waals surface area contributed by atoms with Crippen LogP contribution >= 0.6 is 12.4 Å². The lowest BCUT2D eigenvalue weighted by atomic mass is 10.0. The Morgan fingerprint density at radius 2 is 1.61 bits per heavy atom. The molecular weight excluding hydrogens is 332 g/mol. The minimum absolute atomic E-state index is 0. The van der Waals surface area contributed by atoms with E-state index in [9.17, 15) is 8.42 Å². The lowest BCUT2D eigenvalue weighted by molar-refractivity contribution is 0.345. The number of halogens is 1. The van der Waals surface area contributed by atoms with Crippen LogP contribution in [0.4, 0.5) is 0 Å². The van der Waals surface area contributed by atoms with Crippen molar-refractivity contribution in [2.75, 3.05) is 0 Å². The maximum Gasteiger partial charge on any atom is 0.240 e. The standard InChI is InChI=1S/C17H20N2O2S.ClH/c20-22(21,19-16-10-14-6-7-15(11-16)18-14)17-8-5-12-3-1-2-4-13(12)9-17;/h1-5,8-9,14-16,18-19H,6-7,10-11H2;1H. The maximum atomic E-state index is 12.6. The van der Waals surface area contributed by atoms with Crippen molar-refractivity contribution in [2.45, 2.75) is 48.7 Å². The van der Waals surface area contributed by atoms with Crippen LogP contribution in [0.3, 0.4) is 0 Å². The molecule has 0 radical (unpaired) electrons. The van der Waals surface area contributed by atoms with Gasteiger partial charge in [0.15, 0.2) is 0 Å². The van der Waals surface area contributed by atoms with Gasteiger partial charge in [0.1, 0.15) is 0 Å². The van der Waals surface area contributed by atoms with E-state index in [0.717, 1.165) is 23.6 Å². The van der Waals surface area contributed by atoms with E-state index in [2.05, 4.69) is 10.0 Å². The smallest absolute Gasteiger partial charge is 0.240 e. The lowest BCUT2D eigenvalue weighted by Gasteiger charge is -2.29. The molecule has 0 amide bonds. The summed E-state index contributed by atoms with van der Waals surface area (Å²) < 4.78 is 28.2. The largest absolute Gasteiger partial charge is 0.311 e. The highest BCUT2D eigenvalue weighted by Crippen LogP contribution is 2.28. The van der Waals surface area contributed by atoms with E-state index in [-0.39, 0.29) is 18.4 Å². The molecule has 2 heterocycles. The zero-order chi connectivity index (χ0) is 15.2. The van der Waals surface area contributed by atoms with Crippen molar-refractivity contribution >= 4 is 33.2 Å². The summed E-state index contributed by atoms with van der Waals surface area (Å²) in [5.41, 5.74) is 0. The van der Waals surface area contributed by atoms with Crippen LogP contribution in [-0.4, -0.2) is 26.5 Å². The van der Waals surface area contributed by atoms with E-state index in [1.807, 2.05) is 30.3 Å². The van der Waals surface area contributed by atoms with Crippen LogP contribution in [-0.2, 0) is 10.0 Å². The fraction of sp³-hybridized carbons (Fsp3) is 0.412. The monoisotopic (exact) mass is 352 g/mol. The summed E-state index contributed by atoms with van der Waals surface area (Å²) in [6, 6.07) is 14.1. The fourth-order valence-corrected chi connectivity index (χ4v) is 5.07. The third-order valence-corrected chi connectivity index (χ3v) is 6.34. The SMILES string of the molecule is Cl.O=S(=O)(NC1CC2CCC(C1)N2)c1ccc2ccccc2c1. The van der Waals surface area contributed by atoms with Crippen LogP contribution in [0.2, 0.25) is 0 Å². The Morgan fingerprint density at radius 1 is 0.957 bits per heavy atom. The fourth-order valence-electron chi connectivity index (χ4n) is 3.78. The highest BCUT2D eigenvalue weighted by Gasteiger charge is 2.35. The van der Waals surface area contributed by atoms with Gasteiger partial charge in [0.2, 0.25) is 10.0 Å². The second kappa shape index (κ2) is 6.40. The van der Waals surface area contributed by atoms with E-state index < -0.39 is 10.0 Å². The molecule has 2 saturated heterocycles. The van der Waals surface area contributed by atoms with E-state index in [1.165, 1.54) is 12.8 Å². The third-order valence-electron chi connectivity index (χ3n) is 4.83. The van der Waals surface area contributed by atoms with Crippen LogP contribution in [0.1, 0.15) is 25.7 Å². The number of piperidine rings is 1. The first-order valence-electron chi connectivity index (χ1n) is 7.87. The molecule has 2 atom stereocenters. The van der Waals surface area contributed by atoms with Crippen LogP contribution < -0.4 is 10.0 Å². The lowest BCUT2D eigenvalue weighted by Crippen LogP contribution is -2.47. The summed E-state index contributed by atoms with van der Waals surface area (Å²) in [5.74, 6) is 0. The van der Waals surface area contributed by atoms with Gasteiger partial charge in [-0.1, -0.05) is 30.3 Å². The first kappa shape index (κ1) is 16.7. The van der Waals surface area contributed by atoms with Gasteiger partial charge in [0.05, 0.1) is 4.90 Å². The van der Waals surface area contributed by atoms with Crippen LogP contribution in [0.5, 0.6) is 0 Å². The third kappa shape index (κ3) is 3.38. The maximum absolute atomic E-state index is 12.6. The molecule has 4 rings (SSSR count). The number of nitrogens with one attached hydrogen (secondary N) is 2. The molecule has 6 heteroatoms. The quantitative estimate of drug-likeness (QED) is 0.893. The molecule has 2 fully saturated rings. The molecule has 0 spiro atoms. The molecular formula is C17H21ClN2O2S. The van der Waals surface area contributed by atoms with Gasteiger partial charge in [-0.2, -0.15) is 0 Å². The zero-order valence-corrected chi connectivity index (χ0v) is 14.4. The van der Waals surface area contributed by atoms with Gasteiger partial charge in [-0.15, -0.1) is 12.4 Å². The van der Waals surface area contributed by atoms with Gasteiger partial charge in [-0.05, 0) is 48.6 Å². The minimum Gasteiger partial charge on any atom is -0.311 e. The van der Waals surface area contributed by atoms with Crippen LogP contribution in [0, 0.1) is 0 Å². The summed E-state index contributed by atoms with van der Waals surface area (Å²) >= 11 is 0. The van der Waals surface area contributed by atoms with Gasteiger partial charge in [-0.25, -0.2) is 13.1 Å². The Labute approximate surface area is 143 Å². The molecule has 2 aliphatic heterocycles. The summed E-state index contributed by atoms with van der Waals surface area (Å²) in [6.45, 7) is 0. The summed E-state index contributed by atoms with van der Waals surface area (Å²) in [7, 11) is -3.45. The van der Waals surface area contributed by atoms with Gasteiger partial charge < -0.3 is 5.32 Å². The number of hydrogen-bond acceptors (Lipinski definition) is 3. The van der Waals surface area contributed by atoms with Crippen molar-refractivity contribution in [1.82, 2.24) is 10.0 Å². The topological polar surface area (TPSA) is 58.2 Å². The first-order valence-corrected chi connectivity index (χ1v) is 9.36. The second-order valence-corrected chi connectivity index (χ2v) is 8.15. The zero-order valence-electron chi connectivity index (χ0n) is 12.7. The average molecular weight is 353 g/mol. The molecule has 2 aliphatic rings. The molecule has 2 N–H and O–H groups in total. The molecule has 0 saturated carbocycles. The number of benzene rings is 2. The Morgan fingerprint density at radius 3 is 2.30 bits per heavy atom. The minimum atomic E-state index is -3.45. The molecule has 2 unspecified atom stereocenters. The molecule has 2 bridgehead atoms. The molecule has 0 aromatic heterocycles. The van der Waals surface area contributed by atoms with Crippen molar-refractivity contribution in [1.29, 1.82) is 0 Å². The Bertz CT molecular complexity index is 797. The highest BCUT2D eigenvalue weighted by molar-refractivity contribution is 7.89. The predicted octanol–water partition coefficient (Wildman–Crippen LogP) is 2.82. The summed E-state index contributed by atoms with van der Waals surface area (Å²) in [6.07, 6.45) is 4.12. The van der Waals surface area contributed by atoms with Gasteiger partial charge in [-0.3, -0.25) is 0 Å². The average Bonchev–Trinajstić information content (AvgIpc) is 2.85. The van der Waals surface area contributed by atoms with Gasteiger partial charge in [0.25, 0.3) is 0 Å². The van der Waals surface area contributed by atoms with E-state index in [1.54, 1.807) is 12.1 Å². The number of fused-ring (bicyclic) bond motifs is 3. The van der Waals surface area contributed by atoms with Crippen molar-refractivity contribution in [3.05, 3.63) is 42.5 Å². The van der Waals surface area contributed by atoms with E-state index >= 15 is 0 Å². The van der Waals surface area contributed by atoms with Crippen LogP contribution in [0.15, 0.2) is 47.4 Å². The number of hydrogen-bond donors (Lipinski definition) is 2. The predicted molar refractivity (Wildman–Crippen MR) is 94.5 cm³/mol. The molecule has 2 aromatic rings. The van der Waals surface area contributed by atoms with Crippen molar-refractivity contribution in [3.63, 3.8) is 0 Å². The van der Waals surface area contributed by atoms with Gasteiger partial charge in [0, 0.05) is 18.1 Å². The second-order valence-electron chi connectivity index (χ2n) is 6.44. The highest BCUT2D eigenvalue weighted by atomic mass is 35.5. The number of sulfonamides is 1. The van der Waals surface area contributed by atoms with Crippen LogP contribution in [0.25, 0.3) is 10.8 Å². The Balaban J connectivity index is 0.00000156. The summed E-state index contributed by atoms with van der Waals surface area (Å²) in [4.78, 5) is 0.358. The van der Waals surface area contributed by atoms with Crippen molar-refractivity contribution in [3.8, 4) is 0 Å². The number of rotatable bonds is 3. The van der Waals surface area contributed by atoms with Crippen molar-refractivity contribution < 1.29 is 8.42 Å². The Kier molecular flexibility index (Phi) is 4.65. The summed E-state index contributed by atoms with van der Waals surface area (Å²) in [5, 5.41) is 5.55. The van der Waals surface area contributed by atoms with E-state index in [4.69, 9.17) is 0 Å². The molecule has 2 aromatic carbocycles. The normalized spacial score (nSPS) is 26.9. The van der Waals surface area contributed by atoms with Crippen molar-refractivity contribution in [2.24, 2.45) is 0 Å². The molecule has 4 nitrogen and oxygen atoms in total. The molecule has 23 heavy (non-hydrogen) atoms. The molecule has 0 aliphatic carbocycles. The van der Waals surface area contributed by atoms with E-state index in [0.29, 0.717) is 17.0 Å². The van der Waals surface area contributed by atoms with Gasteiger partial charge >= 0.3 is 0 Å². The Hall–Kier alpha value is -1.14. The first-order chi connectivity index (χ1) is 10.6.